The van der Waals surface area contributed by atoms with Gasteiger partial charge in [-0.2, -0.15) is 0 Å². The van der Waals surface area contributed by atoms with Crippen LogP contribution in [0.2, 0.25) is 0 Å². The number of hydrogen-bond donors (Lipinski definition) is 1. The second kappa shape index (κ2) is 4.65. The van der Waals surface area contributed by atoms with Crippen LogP contribution in [-0.4, -0.2) is 13.1 Å². The number of hydrogen-bond acceptors (Lipinski definition) is 2. The normalized spacial score (nSPS) is 17.7. The predicted molar refractivity (Wildman–Crippen MR) is 69.8 cm³/mol. The number of aryl methyl sites for hydroxylation is 1. The quantitative estimate of drug-likeness (QED) is 0.873. The fraction of sp³-hybridized carbons (Fsp3) is 0.571. The molecule has 1 fully saturated rings. The van der Waals surface area contributed by atoms with Gasteiger partial charge in [0.2, 0.25) is 0 Å². The Morgan fingerprint density at radius 1 is 1.41 bits per heavy atom. The van der Waals surface area contributed by atoms with Crippen LogP contribution in [0.4, 0.5) is 10.1 Å². The first-order valence-corrected chi connectivity index (χ1v) is 6.29. The number of rotatable bonds is 3. The lowest BCUT2D eigenvalue weighted by molar-refractivity contribution is 0.400. The number of nitrogens with two attached hydrogens (primary N) is 1. The van der Waals surface area contributed by atoms with Crippen LogP contribution < -0.4 is 10.6 Å². The summed E-state index contributed by atoms with van der Waals surface area (Å²) in [5.41, 5.74) is 8.62. The maximum atomic E-state index is 13.6. The Kier molecular flexibility index (Phi) is 3.38. The van der Waals surface area contributed by atoms with Crippen molar-refractivity contribution in [2.24, 2.45) is 5.73 Å². The maximum absolute atomic E-state index is 13.6. The summed E-state index contributed by atoms with van der Waals surface area (Å²) >= 11 is 0. The molecule has 1 aliphatic carbocycles. The van der Waals surface area contributed by atoms with Gasteiger partial charge >= 0.3 is 0 Å². The Bertz CT molecular complexity index is 411. The van der Waals surface area contributed by atoms with E-state index in [1.165, 1.54) is 19.3 Å². The Balaban J connectivity index is 2.39. The van der Waals surface area contributed by atoms with Crippen LogP contribution in [0.15, 0.2) is 12.1 Å². The van der Waals surface area contributed by atoms with Gasteiger partial charge in [-0.1, -0.05) is 0 Å². The first-order valence-electron chi connectivity index (χ1n) is 6.29. The highest BCUT2D eigenvalue weighted by atomic mass is 19.1. The van der Waals surface area contributed by atoms with Crippen molar-refractivity contribution in [3.63, 3.8) is 0 Å². The summed E-state index contributed by atoms with van der Waals surface area (Å²) in [6.07, 6.45) is 3.75. The molecule has 0 heterocycles. The lowest BCUT2D eigenvalue weighted by Gasteiger charge is -2.38. The molecule has 2 rings (SSSR count). The maximum Gasteiger partial charge on any atom is 0.126 e. The van der Waals surface area contributed by atoms with Crippen LogP contribution in [0.1, 0.15) is 43.4 Å². The lowest BCUT2D eigenvalue weighted by Crippen LogP contribution is -2.38. The third kappa shape index (κ3) is 2.29. The molecule has 0 spiro atoms. The van der Waals surface area contributed by atoms with Gasteiger partial charge in [-0.05, 0) is 56.4 Å². The van der Waals surface area contributed by atoms with Crippen LogP contribution >= 0.6 is 0 Å². The van der Waals surface area contributed by atoms with E-state index in [1.54, 1.807) is 13.0 Å². The lowest BCUT2D eigenvalue weighted by atomic mass is 9.90. The van der Waals surface area contributed by atoms with E-state index in [0.29, 0.717) is 11.6 Å². The SMILES string of the molecule is Cc1cc(N(C)C2CCC2)c(C(C)N)cc1F. The van der Waals surface area contributed by atoms with Gasteiger partial charge in [-0.25, -0.2) is 4.39 Å². The Labute approximate surface area is 103 Å². The second-order valence-electron chi connectivity index (χ2n) is 5.14. The molecule has 0 radical (unpaired) electrons. The van der Waals surface area contributed by atoms with E-state index < -0.39 is 0 Å². The van der Waals surface area contributed by atoms with Crippen molar-refractivity contribution in [3.8, 4) is 0 Å². The van der Waals surface area contributed by atoms with Crippen LogP contribution in [0, 0.1) is 12.7 Å². The van der Waals surface area contributed by atoms with Gasteiger partial charge in [0, 0.05) is 24.8 Å². The van der Waals surface area contributed by atoms with Crippen molar-refractivity contribution in [3.05, 3.63) is 29.1 Å². The summed E-state index contributed by atoms with van der Waals surface area (Å²) in [5.74, 6) is -0.164. The Morgan fingerprint density at radius 3 is 2.53 bits per heavy atom. The largest absolute Gasteiger partial charge is 0.371 e. The molecular weight excluding hydrogens is 215 g/mol. The van der Waals surface area contributed by atoms with Gasteiger partial charge in [-0.15, -0.1) is 0 Å². The highest BCUT2D eigenvalue weighted by molar-refractivity contribution is 5.57. The summed E-state index contributed by atoms with van der Waals surface area (Å²) in [5, 5.41) is 0. The smallest absolute Gasteiger partial charge is 0.126 e. The molecule has 1 aromatic carbocycles. The zero-order valence-corrected chi connectivity index (χ0v) is 10.8. The summed E-state index contributed by atoms with van der Waals surface area (Å²) in [4.78, 5) is 2.26. The van der Waals surface area contributed by atoms with Crippen molar-refractivity contribution in [2.75, 3.05) is 11.9 Å². The van der Waals surface area contributed by atoms with E-state index in [0.717, 1.165) is 11.3 Å². The predicted octanol–water partition coefficient (Wildman–Crippen LogP) is 3.14. The molecule has 0 saturated heterocycles. The molecule has 2 N–H and O–H groups in total. The van der Waals surface area contributed by atoms with Gasteiger partial charge in [0.1, 0.15) is 5.82 Å². The molecule has 0 amide bonds. The minimum absolute atomic E-state index is 0.136. The molecule has 0 aliphatic heterocycles. The van der Waals surface area contributed by atoms with Crippen LogP contribution in [0.25, 0.3) is 0 Å². The second-order valence-corrected chi connectivity index (χ2v) is 5.14. The highest BCUT2D eigenvalue weighted by Crippen LogP contribution is 2.33. The molecule has 2 nitrogen and oxygen atoms in total. The third-order valence-electron chi connectivity index (χ3n) is 3.80. The molecule has 1 atom stereocenters. The molecule has 1 aromatic rings. The molecule has 0 aromatic heterocycles. The van der Waals surface area contributed by atoms with Crippen molar-refractivity contribution in [1.29, 1.82) is 0 Å². The standard InChI is InChI=1S/C14H21FN2/c1-9-7-14(17(3)11-5-4-6-11)12(10(2)16)8-13(9)15/h7-8,10-11H,4-6,16H2,1-3H3. The molecule has 94 valence electrons. The van der Waals surface area contributed by atoms with Gasteiger partial charge < -0.3 is 10.6 Å². The van der Waals surface area contributed by atoms with Gasteiger partial charge in [0.15, 0.2) is 0 Å². The third-order valence-corrected chi connectivity index (χ3v) is 3.80. The van der Waals surface area contributed by atoms with Crippen molar-refractivity contribution >= 4 is 5.69 Å². The first-order chi connectivity index (χ1) is 8.00. The Morgan fingerprint density at radius 2 is 2.06 bits per heavy atom. The number of anilines is 1. The summed E-state index contributed by atoms with van der Waals surface area (Å²) in [6.45, 7) is 3.71. The number of nitrogens with zero attached hydrogens (tertiary/aromatic N) is 1. The molecule has 1 unspecified atom stereocenters. The zero-order chi connectivity index (χ0) is 12.6. The summed E-state index contributed by atoms with van der Waals surface area (Å²) < 4.78 is 13.6. The van der Waals surface area contributed by atoms with Gasteiger partial charge in [0.05, 0.1) is 0 Å². The van der Waals surface area contributed by atoms with Crippen LogP contribution in [-0.2, 0) is 0 Å². The van der Waals surface area contributed by atoms with Crippen LogP contribution in [0.5, 0.6) is 0 Å². The van der Waals surface area contributed by atoms with Gasteiger partial charge in [0.25, 0.3) is 0 Å². The summed E-state index contributed by atoms with van der Waals surface area (Å²) in [6, 6.07) is 3.97. The molecule has 17 heavy (non-hydrogen) atoms. The molecule has 0 bridgehead atoms. The van der Waals surface area contributed by atoms with E-state index >= 15 is 0 Å². The fourth-order valence-electron chi connectivity index (χ4n) is 2.32. The van der Waals surface area contributed by atoms with Crippen molar-refractivity contribution in [2.45, 2.75) is 45.2 Å². The minimum Gasteiger partial charge on any atom is -0.371 e. The summed E-state index contributed by atoms with van der Waals surface area (Å²) in [7, 11) is 2.09. The van der Waals surface area contributed by atoms with E-state index in [9.17, 15) is 4.39 Å². The van der Waals surface area contributed by atoms with Crippen LogP contribution in [0.3, 0.4) is 0 Å². The molecule has 3 heteroatoms. The van der Waals surface area contributed by atoms with E-state index in [-0.39, 0.29) is 11.9 Å². The van der Waals surface area contributed by atoms with Crippen molar-refractivity contribution in [1.82, 2.24) is 0 Å². The van der Waals surface area contributed by atoms with Gasteiger partial charge in [-0.3, -0.25) is 0 Å². The minimum atomic E-state index is -0.164. The van der Waals surface area contributed by atoms with E-state index in [4.69, 9.17) is 5.73 Å². The monoisotopic (exact) mass is 236 g/mol. The zero-order valence-electron chi connectivity index (χ0n) is 10.8. The number of benzene rings is 1. The Hall–Kier alpha value is -1.09. The molecule has 1 aliphatic rings. The average molecular weight is 236 g/mol. The first kappa shape index (κ1) is 12.4. The highest BCUT2D eigenvalue weighted by Gasteiger charge is 2.25. The average Bonchev–Trinajstić information content (AvgIpc) is 2.18. The van der Waals surface area contributed by atoms with Crippen molar-refractivity contribution < 1.29 is 4.39 Å². The molecule has 1 saturated carbocycles. The van der Waals surface area contributed by atoms with E-state index in [2.05, 4.69) is 11.9 Å². The molecular formula is C14H21FN2. The fourth-order valence-corrected chi connectivity index (χ4v) is 2.32. The number of halogens is 1. The topological polar surface area (TPSA) is 29.3 Å². The van der Waals surface area contributed by atoms with E-state index in [1.807, 2.05) is 13.0 Å².